The lowest BCUT2D eigenvalue weighted by Crippen LogP contribution is -2.14. The molecule has 2 heterocycles. The summed E-state index contributed by atoms with van der Waals surface area (Å²) in [6.45, 7) is 0. The number of fused-ring (bicyclic) bond motifs is 1. The van der Waals surface area contributed by atoms with Gasteiger partial charge in [0.1, 0.15) is 5.69 Å². The largest absolute Gasteiger partial charge is 0.349 e. The molecule has 0 saturated heterocycles. The number of ketones is 1. The van der Waals surface area contributed by atoms with Crippen molar-refractivity contribution in [1.29, 1.82) is 0 Å². The van der Waals surface area contributed by atoms with Gasteiger partial charge in [0.05, 0.1) is 11.4 Å². The molecule has 6 heteroatoms. The summed E-state index contributed by atoms with van der Waals surface area (Å²) in [5.74, 6) is -1.20. The normalized spacial score (nSPS) is 13.1. The van der Waals surface area contributed by atoms with Gasteiger partial charge >= 0.3 is 0 Å². The van der Waals surface area contributed by atoms with E-state index in [4.69, 9.17) is 23.2 Å². The highest BCUT2D eigenvalue weighted by atomic mass is 35.5. The molecule has 4 nitrogen and oxygen atoms in total. The highest BCUT2D eigenvalue weighted by Gasteiger charge is 2.34. The van der Waals surface area contributed by atoms with Gasteiger partial charge in [-0.15, -0.1) is 0 Å². The third-order valence-corrected chi connectivity index (χ3v) is 4.44. The van der Waals surface area contributed by atoms with E-state index in [-0.39, 0.29) is 5.69 Å². The van der Waals surface area contributed by atoms with Gasteiger partial charge in [0.2, 0.25) is 0 Å². The van der Waals surface area contributed by atoms with Crippen LogP contribution in [0.4, 0.5) is 5.69 Å². The molecular weight excluding hydrogens is 347 g/mol. The quantitative estimate of drug-likeness (QED) is 0.648. The van der Waals surface area contributed by atoms with Crippen molar-refractivity contribution in [2.75, 3.05) is 5.32 Å². The molecule has 1 aromatic heterocycles. The first-order valence-corrected chi connectivity index (χ1v) is 7.93. The summed E-state index contributed by atoms with van der Waals surface area (Å²) in [5, 5.41) is 3.88. The van der Waals surface area contributed by atoms with E-state index in [1.807, 2.05) is 24.3 Å². The van der Waals surface area contributed by atoms with Crippen molar-refractivity contribution >= 4 is 40.6 Å². The van der Waals surface area contributed by atoms with Crippen molar-refractivity contribution in [3.8, 4) is 22.4 Å². The topological polar surface area (TPSA) is 62.0 Å². The summed E-state index contributed by atoms with van der Waals surface area (Å²) >= 11 is 11.9. The highest BCUT2D eigenvalue weighted by Crippen LogP contribution is 2.43. The van der Waals surface area contributed by atoms with Gasteiger partial charge in [-0.25, -0.2) is 0 Å². The minimum Gasteiger partial charge on any atom is -0.349 e. The average molecular weight is 357 g/mol. The molecule has 0 spiro atoms. The molecule has 0 radical (unpaired) electrons. The number of H-pyrrole nitrogens is 1. The summed E-state index contributed by atoms with van der Waals surface area (Å²) < 4.78 is 0. The Morgan fingerprint density at radius 3 is 1.83 bits per heavy atom. The van der Waals surface area contributed by atoms with Gasteiger partial charge < -0.3 is 10.3 Å². The monoisotopic (exact) mass is 356 g/mol. The number of aromatic nitrogens is 1. The van der Waals surface area contributed by atoms with E-state index < -0.39 is 11.7 Å². The van der Waals surface area contributed by atoms with Gasteiger partial charge in [0.15, 0.2) is 0 Å². The van der Waals surface area contributed by atoms with Crippen molar-refractivity contribution in [3.63, 3.8) is 0 Å². The molecule has 0 saturated carbocycles. The number of anilines is 1. The molecule has 2 aromatic carbocycles. The van der Waals surface area contributed by atoms with Gasteiger partial charge in [0.25, 0.3) is 11.7 Å². The van der Waals surface area contributed by atoms with Crippen LogP contribution in [0.25, 0.3) is 22.4 Å². The van der Waals surface area contributed by atoms with Crippen LogP contribution in [0.1, 0.15) is 10.5 Å². The van der Waals surface area contributed by atoms with Gasteiger partial charge in [0, 0.05) is 15.6 Å². The van der Waals surface area contributed by atoms with Crippen LogP contribution in [0, 0.1) is 0 Å². The zero-order valence-corrected chi connectivity index (χ0v) is 13.7. The van der Waals surface area contributed by atoms with Gasteiger partial charge in [-0.3, -0.25) is 9.59 Å². The van der Waals surface area contributed by atoms with E-state index in [0.29, 0.717) is 15.7 Å². The third-order valence-electron chi connectivity index (χ3n) is 3.94. The van der Waals surface area contributed by atoms with Crippen molar-refractivity contribution in [3.05, 3.63) is 64.3 Å². The molecule has 1 amide bonds. The fraction of sp³-hybridized carbons (Fsp3) is 0. The molecule has 0 atom stereocenters. The number of rotatable bonds is 2. The first-order chi connectivity index (χ1) is 11.5. The molecule has 24 heavy (non-hydrogen) atoms. The number of nitrogens with one attached hydrogen (secondary N) is 2. The van der Waals surface area contributed by atoms with Gasteiger partial charge in [-0.05, 0) is 35.4 Å². The van der Waals surface area contributed by atoms with E-state index >= 15 is 0 Å². The summed E-state index contributed by atoms with van der Waals surface area (Å²) in [4.78, 5) is 26.8. The number of aromatic amines is 1. The summed E-state index contributed by atoms with van der Waals surface area (Å²) in [7, 11) is 0. The SMILES string of the molecule is O=C1Nc2c([nH]c(-c3ccc(Cl)cc3)c2-c2ccc(Cl)cc2)C1=O. The second kappa shape index (κ2) is 5.51. The number of carbonyl (C=O) groups is 2. The summed E-state index contributed by atoms with van der Waals surface area (Å²) in [5.41, 5.74) is 3.97. The molecule has 3 aromatic rings. The smallest absolute Gasteiger partial charge is 0.298 e. The molecule has 0 unspecified atom stereocenters. The Labute approximate surface area is 147 Å². The summed E-state index contributed by atoms with van der Waals surface area (Å²) in [6, 6.07) is 14.5. The van der Waals surface area contributed by atoms with Crippen molar-refractivity contribution < 1.29 is 9.59 Å². The lowest BCUT2D eigenvalue weighted by molar-refractivity contribution is -0.112. The van der Waals surface area contributed by atoms with Crippen LogP contribution in [0.15, 0.2) is 48.5 Å². The van der Waals surface area contributed by atoms with E-state index in [2.05, 4.69) is 10.3 Å². The standard InChI is InChI=1S/C18H10Cl2N2O2/c19-11-5-1-9(2-6-11)13-14(10-3-7-12(20)8-4-10)21-16-15(13)22-18(24)17(16)23/h1-8,21H,(H,22,23,24). The number of benzene rings is 2. The minimum atomic E-state index is -0.630. The number of Topliss-reactive ketones (excluding diaryl/α,β-unsaturated/α-hetero) is 1. The first kappa shape index (κ1) is 15.0. The lowest BCUT2D eigenvalue weighted by atomic mass is 10.00. The van der Waals surface area contributed by atoms with Crippen LogP contribution in [-0.2, 0) is 4.79 Å². The Morgan fingerprint density at radius 1 is 0.708 bits per heavy atom. The molecule has 0 aliphatic carbocycles. The number of hydrogen-bond acceptors (Lipinski definition) is 2. The number of amides is 1. The second-order valence-electron chi connectivity index (χ2n) is 5.42. The highest BCUT2D eigenvalue weighted by molar-refractivity contribution is 6.52. The Hall–Kier alpha value is -2.56. The van der Waals surface area contributed by atoms with Crippen LogP contribution < -0.4 is 5.32 Å². The second-order valence-corrected chi connectivity index (χ2v) is 6.29. The number of carbonyl (C=O) groups excluding carboxylic acids is 2. The van der Waals surface area contributed by atoms with E-state index in [0.717, 1.165) is 22.4 Å². The van der Waals surface area contributed by atoms with E-state index in [1.165, 1.54) is 0 Å². The van der Waals surface area contributed by atoms with Gasteiger partial charge in [-0.1, -0.05) is 47.5 Å². The Morgan fingerprint density at radius 2 is 1.25 bits per heavy atom. The minimum absolute atomic E-state index is 0.273. The molecule has 1 aliphatic rings. The van der Waals surface area contributed by atoms with Crippen LogP contribution in [0.3, 0.4) is 0 Å². The Balaban J connectivity index is 1.97. The predicted octanol–water partition coefficient (Wildman–Crippen LogP) is 4.79. The van der Waals surface area contributed by atoms with Crippen LogP contribution >= 0.6 is 23.2 Å². The number of hydrogen-bond donors (Lipinski definition) is 2. The molecule has 4 rings (SSSR count). The zero-order chi connectivity index (χ0) is 16.8. The van der Waals surface area contributed by atoms with Crippen LogP contribution in [-0.4, -0.2) is 16.7 Å². The fourth-order valence-corrected chi connectivity index (χ4v) is 3.07. The first-order valence-electron chi connectivity index (χ1n) is 7.18. The maximum absolute atomic E-state index is 12.0. The molecule has 0 fully saturated rings. The molecule has 1 aliphatic heterocycles. The van der Waals surface area contributed by atoms with Crippen molar-refractivity contribution in [2.45, 2.75) is 0 Å². The molecular formula is C18H10Cl2N2O2. The Kier molecular flexibility index (Phi) is 3.44. The van der Waals surface area contributed by atoms with Crippen molar-refractivity contribution in [1.82, 2.24) is 4.98 Å². The maximum atomic E-state index is 12.0. The molecule has 118 valence electrons. The third kappa shape index (κ3) is 2.31. The van der Waals surface area contributed by atoms with Gasteiger partial charge in [-0.2, -0.15) is 0 Å². The average Bonchev–Trinajstić information content (AvgIpc) is 3.06. The lowest BCUT2D eigenvalue weighted by Gasteiger charge is -2.08. The Bertz CT molecular complexity index is 974. The number of halogens is 2. The zero-order valence-electron chi connectivity index (χ0n) is 12.2. The predicted molar refractivity (Wildman–Crippen MR) is 94.6 cm³/mol. The van der Waals surface area contributed by atoms with Crippen molar-refractivity contribution in [2.24, 2.45) is 0 Å². The van der Waals surface area contributed by atoms with Crippen LogP contribution in [0.2, 0.25) is 10.0 Å². The van der Waals surface area contributed by atoms with E-state index in [1.54, 1.807) is 24.3 Å². The maximum Gasteiger partial charge on any atom is 0.298 e. The molecule has 2 N–H and O–H groups in total. The molecule has 0 bridgehead atoms. The van der Waals surface area contributed by atoms with E-state index in [9.17, 15) is 9.59 Å². The summed E-state index contributed by atoms with van der Waals surface area (Å²) in [6.07, 6.45) is 0. The van der Waals surface area contributed by atoms with Crippen LogP contribution in [0.5, 0.6) is 0 Å². The fourth-order valence-electron chi connectivity index (χ4n) is 2.82.